The van der Waals surface area contributed by atoms with Gasteiger partial charge in [-0.3, -0.25) is 14.4 Å². The smallest absolute Gasteiger partial charge is 0.271 e. The number of benzene rings is 1. The number of likely N-dealkylation sites (tertiary alicyclic amines) is 1. The SMILES string of the molecule is C#C[C@H](C[C@@H]1CCNC1=O)NC(=O)C1CC(C)(C)CN1C(=O)c1cc2c(OC)cccc2[nH]1. The number of fused-ring (bicyclic) bond motifs is 1. The summed E-state index contributed by atoms with van der Waals surface area (Å²) in [4.78, 5) is 43.4. The maximum atomic E-state index is 13.5. The third-order valence-corrected chi connectivity index (χ3v) is 6.56. The Morgan fingerprint density at radius 2 is 2.18 bits per heavy atom. The van der Waals surface area contributed by atoms with Crippen molar-refractivity contribution < 1.29 is 19.1 Å². The van der Waals surface area contributed by atoms with E-state index in [1.165, 1.54) is 0 Å². The second kappa shape index (κ2) is 8.81. The van der Waals surface area contributed by atoms with Crippen LogP contribution in [0.5, 0.6) is 5.75 Å². The molecule has 3 atom stereocenters. The molecule has 2 aliphatic rings. The lowest BCUT2D eigenvalue weighted by Gasteiger charge is -2.25. The molecule has 1 aromatic heterocycles. The molecule has 0 aliphatic carbocycles. The molecule has 3 heterocycles. The zero-order chi connectivity index (χ0) is 23.8. The lowest BCUT2D eigenvalue weighted by atomic mass is 9.90. The number of methoxy groups -OCH3 is 1. The molecule has 33 heavy (non-hydrogen) atoms. The first-order valence-corrected chi connectivity index (χ1v) is 11.2. The van der Waals surface area contributed by atoms with E-state index in [1.807, 2.05) is 32.0 Å². The van der Waals surface area contributed by atoms with Crippen LogP contribution in [0.4, 0.5) is 0 Å². The molecule has 3 N–H and O–H groups in total. The molecule has 3 amide bonds. The van der Waals surface area contributed by atoms with E-state index in [0.717, 1.165) is 10.9 Å². The number of H-pyrrole nitrogens is 1. The molecule has 174 valence electrons. The summed E-state index contributed by atoms with van der Waals surface area (Å²) in [6.07, 6.45) is 7.28. The van der Waals surface area contributed by atoms with Crippen LogP contribution in [-0.4, -0.2) is 59.9 Å². The van der Waals surface area contributed by atoms with Crippen molar-refractivity contribution in [2.45, 2.75) is 45.2 Å². The van der Waals surface area contributed by atoms with E-state index in [4.69, 9.17) is 11.2 Å². The van der Waals surface area contributed by atoms with Gasteiger partial charge in [-0.2, -0.15) is 0 Å². The molecule has 1 unspecified atom stereocenters. The highest BCUT2D eigenvalue weighted by Gasteiger charge is 2.44. The first-order chi connectivity index (χ1) is 15.7. The quantitative estimate of drug-likeness (QED) is 0.586. The van der Waals surface area contributed by atoms with E-state index in [-0.39, 0.29) is 29.1 Å². The van der Waals surface area contributed by atoms with Crippen LogP contribution in [-0.2, 0) is 9.59 Å². The van der Waals surface area contributed by atoms with Gasteiger partial charge in [-0.25, -0.2) is 0 Å². The van der Waals surface area contributed by atoms with Crippen molar-refractivity contribution in [2.24, 2.45) is 11.3 Å². The second-order valence-electron chi connectivity index (χ2n) is 9.66. The molecule has 8 heteroatoms. The number of carbonyl (C=O) groups is 3. The first kappa shape index (κ1) is 22.7. The molecule has 0 bridgehead atoms. The van der Waals surface area contributed by atoms with E-state index < -0.39 is 12.1 Å². The minimum absolute atomic E-state index is 0.0301. The molecule has 2 saturated heterocycles. The third-order valence-electron chi connectivity index (χ3n) is 6.56. The molecule has 0 saturated carbocycles. The zero-order valence-corrected chi connectivity index (χ0v) is 19.2. The number of hydrogen-bond donors (Lipinski definition) is 3. The lowest BCUT2D eigenvalue weighted by molar-refractivity contribution is -0.126. The number of aromatic nitrogens is 1. The Labute approximate surface area is 193 Å². The molecule has 8 nitrogen and oxygen atoms in total. The second-order valence-corrected chi connectivity index (χ2v) is 9.66. The predicted molar refractivity (Wildman–Crippen MR) is 125 cm³/mol. The molecular formula is C25H30N4O4. The maximum Gasteiger partial charge on any atom is 0.271 e. The van der Waals surface area contributed by atoms with Crippen molar-refractivity contribution in [3.8, 4) is 18.1 Å². The summed E-state index contributed by atoms with van der Waals surface area (Å²) in [5.41, 5.74) is 0.971. The summed E-state index contributed by atoms with van der Waals surface area (Å²) < 4.78 is 5.40. The van der Waals surface area contributed by atoms with Gasteiger partial charge < -0.3 is 25.3 Å². The fourth-order valence-electron chi connectivity index (χ4n) is 4.88. The summed E-state index contributed by atoms with van der Waals surface area (Å²) >= 11 is 0. The number of rotatable bonds is 6. The monoisotopic (exact) mass is 450 g/mol. The van der Waals surface area contributed by atoms with Gasteiger partial charge in [0.05, 0.1) is 13.2 Å². The molecule has 0 spiro atoms. The molecule has 1 aromatic carbocycles. The van der Waals surface area contributed by atoms with Crippen molar-refractivity contribution in [1.29, 1.82) is 0 Å². The van der Waals surface area contributed by atoms with Crippen molar-refractivity contribution in [2.75, 3.05) is 20.2 Å². The predicted octanol–water partition coefficient (Wildman–Crippen LogP) is 2.06. The minimum Gasteiger partial charge on any atom is -0.496 e. The number of carbonyl (C=O) groups excluding carboxylic acids is 3. The number of nitrogens with one attached hydrogen (secondary N) is 3. The van der Waals surface area contributed by atoms with Crippen LogP contribution in [0.2, 0.25) is 0 Å². The fraction of sp³-hybridized carbons (Fsp3) is 0.480. The molecule has 2 aromatic rings. The highest BCUT2D eigenvalue weighted by atomic mass is 16.5. The Hall–Kier alpha value is -3.47. The Kier molecular flexibility index (Phi) is 6.07. The molecule has 0 radical (unpaired) electrons. The van der Waals surface area contributed by atoms with Gasteiger partial charge in [0.15, 0.2) is 0 Å². The van der Waals surface area contributed by atoms with Crippen LogP contribution in [0, 0.1) is 23.7 Å². The topological polar surface area (TPSA) is 104 Å². The third kappa shape index (κ3) is 4.54. The summed E-state index contributed by atoms with van der Waals surface area (Å²) in [6, 6.07) is 6.12. The van der Waals surface area contributed by atoms with Gasteiger partial charge in [-0.15, -0.1) is 6.42 Å². The largest absolute Gasteiger partial charge is 0.496 e. The summed E-state index contributed by atoms with van der Waals surface area (Å²) in [5.74, 6) is 2.50. The Bertz CT molecular complexity index is 1130. The van der Waals surface area contributed by atoms with E-state index in [0.29, 0.717) is 43.8 Å². The van der Waals surface area contributed by atoms with E-state index in [1.54, 1.807) is 18.1 Å². The summed E-state index contributed by atoms with van der Waals surface area (Å²) in [5, 5.41) is 6.50. The molecular weight excluding hydrogens is 420 g/mol. The number of terminal acetylenes is 1. The van der Waals surface area contributed by atoms with Gasteiger partial charge in [-0.1, -0.05) is 25.8 Å². The van der Waals surface area contributed by atoms with Crippen molar-refractivity contribution >= 4 is 28.6 Å². The van der Waals surface area contributed by atoms with E-state index in [2.05, 4.69) is 21.5 Å². The standard InChI is InChI=1S/C25H30N4O4/c1-5-16(11-15-9-10-26-22(15)30)27-23(31)20-13-25(2,3)14-29(20)24(32)19-12-17-18(28-19)7-6-8-21(17)33-4/h1,6-8,12,15-16,20,28H,9-11,13-14H2,2-4H3,(H,26,30)(H,27,31)/t15-,16+,20?/m0/s1. The number of hydrogen-bond acceptors (Lipinski definition) is 4. The van der Waals surface area contributed by atoms with Gasteiger partial charge in [0.1, 0.15) is 17.5 Å². The Morgan fingerprint density at radius 3 is 2.85 bits per heavy atom. The fourth-order valence-corrected chi connectivity index (χ4v) is 4.88. The van der Waals surface area contributed by atoms with Crippen LogP contribution in [0.1, 0.15) is 43.6 Å². The van der Waals surface area contributed by atoms with Crippen LogP contribution in [0.25, 0.3) is 10.9 Å². The average molecular weight is 451 g/mol. The zero-order valence-electron chi connectivity index (χ0n) is 19.2. The van der Waals surface area contributed by atoms with E-state index >= 15 is 0 Å². The van der Waals surface area contributed by atoms with Crippen molar-refractivity contribution in [3.05, 3.63) is 30.0 Å². The van der Waals surface area contributed by atoms with Gasteiger partial charge in [0, 0.05) is 29.9 Å². The lowest BCUT2D eigenvalue weighted by Crippen LogP contribution is -2.49. The highest BCUT2D eigenvalue weighted by molar-refractivity contribution is 6.01. The summed E-state index contributed by atoms with van der Waals surface area (Å²) in [7, 11) is 1.59. The van der Waals surface area contributed by atoms with Gasteiger partial charge in [-0.05, 0) is 42.9 Å². The van der Waals surface area contributed by atoms with Crippen molar-refractivity contribution in [1.82, 2.24) is 20.5 Å². The van der Waals surface area contributed by atoms with Gasteiger partial charge in [0.2, 0.25) is 11.8 Å². The number of nitrogens with zero attached hydrogens (tertiary/aromatic N) is 1. The average Bonchev–Trinajstić information content (AvgIpc) is 3.48. The molecule has 4 rings (SSSR count). The molecule has 2 aliphatic heterocycles. The van der Waals surface area contributed by atoms with Gasteiger partial charge in [0.25, 0.3) is 5.91 Å². The van der Waals surface area contributed by atoms with Crippen molar-refractivity contribution in [3.63, 3.8) is 0 Å². The van der Waals surface area contributed by atoms with E-state index in [9.17, 15) is 14.4 Å². The normalized spacial score (nSPS) is 22.6. The van der Waals surface area contributed by atoms with Crippen LogP contribution >= 0.6 is 0 Å². The highest BCUT2D eigenvalue weighted by Crippen LogP contribution is 2.36. The van der Waals surface area contributed by atoms with Crippen LogP contribution < -0.4 is 15.4 Å². The molecule has 2 fully saturated rings. The number of ether oxygens (including phenoxy) is 1. The number of aromatic amines is 1. The maximum absolute atomic E-state index is 13.5. The number of amides is 3. The van der Waals surface area contributed by atoms with Gasteiger partial charge >= 0.3 is 0 Å². The Morgan fingerprint density at radius 1 is 1.39 bits per heavy atom. The Balaban J connectivity index is 1.53. The van der Waals surface area contributed by atoms with Crippen LogP contribution in [0.3, 0.4) is 0 Å². The summed E-state index contributed by atoms with van der Waals surface area (Å²) in [6.45, 7) is 5.15. The minimum atomic E-state index is -0.644. The van der Waals surface area contributed by atoms with Crippen LogP contribution in [0.15, 0.2) is 24.3 Å². The first-order valence-electron chi connectivity index (χ1n) is 11.2.